The van der Waals surface area contributed by atoms with Crippen LogP contribution in [0.1, 0.15) is 52.4 Å². The maximum atomic E-state index is 10.6. The van der Waals surface area contributed by atoms with Crippen molar-refractivity contribution in [2.75, 3.05) is 26.2 Å². The molecule has 0 unspecified atom stereocenters. The largest absolute Gasteiger partial charge is 0.301 e. The lowest BCUT2D eigenvalue weighted by Gasteiger charge is -2.20. The van der Waals surface area contributed by atoms with Crippen molar-refractivity contribution in [1.29, 1.82) is 0 Å². The summed E-state index contributed by atoms with van der Waals surface area (Å²) in [7, 11) is 0. The van der Waals surface area contributed by atoms with Gasteiger partial charge in [-0.15, -0.1) is 0 Å². The summed E-state index contributed by atoms with van der Waals surface area (Å²) in [6, 6.07) is 0. The van der Waals surface area contributed by atoms with Crippen molar-refractivity contribution in [1.82, 2.24) is 4.90 Å². The molecule has 0 spiro atoms. The van der Waals surface area contributed by atoms with Crippen LogP contribution >= 0.6 is 0 Å². The van der Waals surface area contributed by atoms with Crippen molar-refractivity contribution in [2.24, 2.45) is 0 Å². The molecule has 0 aromatic carbocycles. The minimum atomic E-state index is 0.0538. The summed E-state index contributed by atoms with van der Waals surface area (Å²) in [5.41, 5.74) is 0. The Morgan fingerprint density at radius 2 is 1.29 bits per heavy atom. The quantitative estimate of drug-likeness (QED) is 0.497. The Kier molecular flexibility index (Phi) is 10.9. The first kappa shape index (κ1) is 13.9. The Balaban J connectivity index is 3.44. The first-order valence-electron chi connectivity index (χ1n) is 6.15. The summed E-state index contributed by atoms with van der Waals surface area (Å²) in [4.78, 5) is 2.33. The van der Waals surface area contributed by atoms with E-state index in [-0.39, 0.29) is 6.61 Å². The Hall–Kier alpha value is -0.0800. The van der Waals surface area contributed by atoms with Crippen LogP contribution in [0.3, 0.4) is 0 Å². The molecule has 2 nitrogen and oxygen atoms in total. The maximum Gasteiger partial charge on any atom is 0.0949 e. The van der Waals surface area contributed by atoms with Crippen molar-refractivity contribution in [3.05, 3.63) is 0 Å². The molecule has 0 heterocycles. The molecule has 1 radical (unpaired) electrons. The number of rotatable bonds is 10. The lowest BCUT2D eigenvalue weighted by atomic mass is 10.2. The third-order valence-electron chi connectivity index (χ3n) is 2.56. The van der Waals surface area contributed by atoms with Crippen molar-refractivity contribution in [2.45, 2.75) is 52.4 Å². The number of hydrogen-bond acceptors (Lipinski definition) is 1. The second-order valence-corrected chi connectivity index (χ2v) is 3.96. The third kappa shape index (κ3) is 8.52. The molecular formula is C12H26NO. The van der Waals surface area contributed by atoms with E-state index in [2.05, 4.69) is 18.7 Å². The second kappa shape index (κ2) is 11.0. The molecule has 0 atom stereocenters. The van der Waals surface area contributed by atoms with E-state index < -0.39 is 0 Å². The molecule has 0 aliphatic rings. The topological polar surface area (TPSA) is 23.1 Å². The standard InChI is InChI=1S/C12H26NO/c1-3-5-7-9-13(11-12-14)10-8-6-4-2/h3-12H2,1-2H3. The monoisotopic (exact) mass is 200 g/mol. The van der Waals surface area contributed by atoms with Gasteiger partial charge in [-0.25, -0.2) is 5.11 Å². The second-order valence-electron chi connectivity index (χ2n) is 3.96. The SMILES string of the molecule is CCCCCN(CC[O])CCCCC. The van der Waals surface area contributed by atoms with Crippen LogP contribution in [0.15, 0.2) is 0 Å². The molecule has 0 rings (SSSR count). The van der Waals surface area contributed by atoms with Gasteiger partial charge in [-0.1, -0.05) is 39.5 Å². The Morgan fingerprint density at radius 3 is 1.64 bits per heavy atom. The minimum Gasteiger partial charge on any atom is -0.301 e. The van der Waals surface area contributed by atoms with E-state index in [0.29, 0.717) is 0 Å². The Bertz CT molecular complexity index is 96.5. The molecule has 0 amide bonds. The predicted molar refractivity (Wildman–Crippen MR) is 61.0 cm³/mol. The van der Waals surface area contributed by atoms with E-state index in [4.69, 9.17) is 0 Å². The van der Waals surface area contributed by atoms with Gasteiger partial charge in [0, 0.05) is 6.54 Å². The molecule has 0 aromatic rings. The van der Waals surface area contributed by atoms with Crippen LogP contribution < -0.4 is 0 Å². The molecular weight excluding hydrogens is 174 g/mol. The zero-order valence-corrected chi connectivity index (χ0v) is 9.93. The fourth-order valence-electron chi connectivity index (χ4n) is 1.64. The fraction of sp³-hybridized carbons (Fsp3) is 1.00. The van der Waals surface area contributed by atoms with Crippen molar-refractivity contribution in [3.8, 4) is 0 Å². The lowest BCUT2D eigenvalue weighted by molar-refractivity contribution is 0.138. The van der Waals surface area contributed by atoms with Gasteiger partial charge in [0.05, 0.1) is 6.61 Å². The van der Waals surface area contributed by atoms with E-state index in [1.165, 1.54) is 38.5 Å². The molecule has 0 fully saturated rings. The molecule has 0 aliphatic carbocycles. The van der Waals surface area contributed by atoms with Crippen molar-refractivity contribution < 1.29 is 5.11 Å². The highest BCUT2D eigenvalue weighted by molar-refractivity contribution is 4.57. The fourth-order valence-corrected chi connectivity index (χ4v) is 1.64. The van der Waals surface area contributed by atoms with Gasteiger partial charge in [-0.2, -0.15) is 0 Å². The van der Waals surface area contributed by atoms with Crippen LogP contribution in [0.25, 0.3) is 0 Å². The molecule has 14 heavy (non-hydrogen) atoms. The van der Waals surface area contributed by atoms with Crippen LogP contribution in [-0.4, -0.2) is 31.1 Å². The van der Waals surface area contributed by atoms with Gasteiger partial charge in [-0.3, -0.25) is 0 Å². The first-order chi connectivity index (χ1) is 6.85. The molecule has 0 saturated heterocycles. The third-order valence-corrected chi connectivity index (χ3v) is 2.56. The van der Waals surface area contributed by atoms with Gasteiger partial charge in [-0.05, 0) is 25.9 Å². The molecule has 0 N–H and O–H groups in total. The smallest absolute Gasteiger partial charge is 0.0949 e. The summed E-state index contributed by atoms with van der Waals surface area (Å²) in [5, 5.41) is 10.6. The average molecular weight is 200 g/mol. The predicted octanol–water partition coefficient (Wildman–Crippen LogP) is 3.10. The normalized spacial score (nSPS) is 11.1. The van der Waals surface area contributed by atoms with E-state index in [1.807, 2.05) is 0 Å². The molecule has 2 heteroatoms. The zero-order chi connectivity index (χ0) is 10.6. The lowest BCUT2D eigenvalue weighted by Crippen LogP contribution is -2.28. The summed E-state index contributed by atoms with van der Waals surface area (Å²) in [6.07, 6.45) is 7.62. The molecule has 0 aromatic heterocycles. The number of nitrogens with zero attached hydrogens (tertiary/aromatic N) is 1. The van der Waals surface area contributed by atoms with Crippen molar-refractivity contribution in [3.63, 3.8) is 0 Å². The van der Waals surface area contributed by atoms with E-state index in [0.717, 1.165) is 19.6 Å². The van der Waals surface area contributed by atoms with Gasteiger partial charge < -0.3 is 4.90 Å². The van der Waals surface area contributed by atoms with E-state index in [9.17, 15) is 5.11 Å². The van der Waals surface area contributed by atoms with Gasteiger partial charge >= 0.3 is 0 Å². The van der Waals surface area contributed by atoms with Gasteiger partial charge in [0.2, 0.25) is 0 Å². The summed E-state index contributed by atoms with van der Waals surface area (Å²) in [5.74, 6) is 0. The van der Waals surface area contributed by atoms with Crippen LogP contribution in [0, 0.1) is 0 Å². The highest BCUT2D eigenvalue weighted by atomic mass is 16.3. The van der Waals surface area contributed by atoms with E-state index in [1.54, 1.807) is 0 Å². The van der Waals surface area contributed by atoms with Crippen molar-refractivity contribution >= 4 is 0 Å². The molecule has 85 valence electrons. The number of unbranched alkanes of at least 4 members (excludes halogenated alkanes) is 4. The Labute approximate surface area is 89.3 Å². The molecule has 0 saturated carbocycles. The molecule has 0 aliphatic heterocycles. The minimum absolute atomic E-state index is 0.0538. The van der Waals surface area contributed by atoms with Crippen LogP contribution in [0.5, 0.6) is 0 Å². The highest BCUT2D eigenvalue weighted by Crippen LogP contribution is 2.02. The molecule has 0 bridgehead atoms. The van der Waals surface area contributed by atoms with Crippen LogP contribution in [-0.2, 0) is 5.11 Å². The zero-order valence-electron chi connectivity index (χ0n) is 9.93. The Morgan fingerprint density at radius 1 is 0.786 bits per heavy atom. The van der Waals surface area contributed by atoms with Gasteiger partial charge in [0.25, 0.3) is 0 Å². The number of hydrogen-bond donors (Lipinski definition) is 0. The van der Waals surface area contributed by atoms with E-state index >= 15 is 0 Å². The average Bonchev–Trinajstić information content (AvgIpc) is 2.18. The maximum absolute atomic E-state index is 10.6. The summed E-state index contributed by atoms with van der Waals surface area (Å²) in [6.45, 7) is 7.48. The highest BCUT2D eigenvalue weighted by Gasteiger charge is 2.02. The van der Waals surface area contributed by atoms with Gasteiger partial charge in [0.1, 0.15) is 0 Å². The van der Waals surface area contributed by atoms with Crippen LogP contribution in [0.2, 0.25) is 0 Å². The summed E-state index contributed by atoms with van der Waals surface area (Å²) < 4.78 is 0. The summed E-state index contributed by atoms with van der Waals surface area (Å²) >= 11 is 0. The van der Waals surface area contributed by atoms with Crippen LogP contribution in [0.4, 0.5) is 0 Å². The first-order valence-corrected chi connectivity index (χ1v) is 6.15. The van der Waals surface area contributed by atoms with Gasteiger partial charge in [0.15, 0.2) is 0 Å².